The summed E-state index contributed by atoms with van der Waals surface area (Å²) in [7, 11) is 3.96. The van der Waals surface area contributed by atoms with Gasteiger partial charge in [-0.05, 0) is 57.5 Å². The Morgan fingerprint density at radius 2 is 2.03 bits per heavy atom. The zero-order valence-corrected chi connectivity index (χ0v) is 19.5. The van der Waals surface area contributed by atoms with Crippen molar-refractivity contribution in [1.29, 1.82) is 0 Å². The molecule has 0 spiro atoms. The molecule has 0 bridgehead atoms. The van der Waals surface area contributed by atoms with Crippen molar-refractivity contribution in [2.75, 3.05) is 6.54 Å². The highest BCUT2D eigenvalue weighted by Crippen LogP contribution is 2.14. The van der Waals surface area contributed by atoms with E-state index in [1.165, 1.54) is 16.1 Å². The highest BCUT2D eigenvalue weighted by Gasteiger charge is 2.14. The monoisotopic (exact) mass is 428 g/mol. The van der Waals surface area contributed by atoms with E-state index in [1.54, 1.807) is 11.3 Å². The van der Waals surface area contributed by atoms with Gasteiger partial charge in [0.25, 0.3) is 0 Å². The Kier molecular flexibility index (Phi) is 7.25. The van der Waals surface area contributed by atoms with Crippen LogP contribution in [0.4, 0.5) is 0 Å². The topological polar surface area (TPSA) is 85.0 Å². The lowest BCUT2D eigenvalue weighted by atomic mass is 10.1. The minimum absolute atomic E-state index is 0.209. The maximum atomic E-state index is 4.77. The van der Waals surface area contributed by atoms with Crippen LogP contribution in [-0.4, -0.2) is 43.1 Å². The first-order valence-electron chi connectivity index (χ1n) is 10.3. The molecular weight excluding hydrogens is 396 g/mol. The van der Waals surface area contributed by atoms with Gasteiger partial charge in [-0.2, -0.15) is 5.10 Å². The van der Waals surface area contributed by atoms with Crippen LogP contribution in [0.2, 0.25) is 0 Å². The van der Waals surface area contributed by atoms with Crippen molar-refractivity contribution >= 4 is 17.3 Å². The summed E-state index contributed by atoms with van der Waals surface area (Å²) in [5, 5.41) is 22.0. The van der Waals surface area contributed by atoms with Gasteiger partial charge >= 0.3 is 0 Å². The van der Waals surface area contributed by atoms with E-state index < -0.39 is 0 Å². The van der Waals surface area contributed by atoms with E-state index in [0.29, 0.717) is 6.54 Å². The third kappa shape index (κ3) is 5.47. The predicted octanol–water partition coefficient (Wildman–Crippen LogP) is 2.44. The second-order valence-electron chi connectivity index (χ2n) is 7.67. The number of nitrogens with one attached hydrogen (secondary N) is 2. The van der Waals surface area contributed by atoms with Gasteiger partial charge in [0.05, 0.1) is 5.69 Å². The van der Waals surface area contributed by atoms with E-state index in [-0.39, 0.29) is 6.04 Å². The molecule has 3 heterocycles. The Labute approximate surface area is 182 Å². The second-order valence-corrected chi connectivity index (χ2v) is 8.70. The van der Waals surface area contributed by atoms with Gasteiger partial charge in [-0.3, -0.25) is 4.68 Å². The molecule has 2 N–H and O–H groups in total. The van der Waals surface area contributed by atoms with Gasteiger partial charge < -0.3 is 15.2 Å². The first kappa shape index (κ1) is 22.0. The molecule has 0 saturated carbocycles. The molecule has 3 rings (SSSR count). The largest absolute Gasteiger partial charge is 0.356 e. The molecular formula is C21H32N8S. The van der Waals surface area contributed by atoms with Gasteiger partial charge in [0.15, 0.2) is 11.8 Å². The molecule has 0 radical (unpaired) electrons. The van der Waals surface area contributed by atoms with Crippen molar-refractivity contribution in [3.05, 3.63) is 51.0 Å². The number of aromatic nitrogens is 5. The van der Waals surface area contributed by atoms with E-state index >= 15 is 0 Å². The SMILES string of the molecule is Cc1nn(C)c(C)c1CC(C)NC(=NCc1nnc(C)n1C)NCCc1cccs1. The molecule has 0 aliphatic carbocycles. The van der Waals surface area contributed by atoms with Gasteiger partial charge in [0.2, 0.25) is 0 Å². The third-order valence-electron chi connectivity index (χ3n) is 5.36. The summed E-state index contributed by atoms with van der Waals surface area (Å²) < 4.78 is 3.92. The van der Waals surface area contributed by atoms with Gasteiger partial charge in [-0.1, -0.05) is 6.07 Å². The number of hydrogen-bond acceptors (Lipinski definition) is 5. The lowest BCUT2D eigenvalue weighted by molar-refractivity contribution is 0.631. The van der Waals surface area contributed by atoms with E-state index in [2.05, 4.69) is 64.2 Å². The Morgan fingerprint density at radius 3 is 2.63 bits per heavy atom. The average molecular weight is 429 g/mol. The van der Waals surface area contributed by atoms with Crippen LogP contribution in [-0.2, 0) is 33.5 Å². The van der Waals surface area contributed by atoms with Crippen LogP contribution in [0.15, 0.2) is 22.5 Å². The van der Waals surface area contributed by atoms with E-state index in [1.807, 2.05) is 30.3 Å². The standard InChI is InChI=1S/C21H32N8S/c1-14(12-19-15(2)27-29(6)16(19)3)24-21(22-10-9-18-8-7-11-30-18)23-13-20-26-25-17(4)28(20)5/h7-8,11,14H,9-10,12-13H2,1-6H3,(H2,22,23,24). The summed E-state index contributed by atoms with van der Waals surface area (Å²) in [6, 6.07) is 4.46. The van der Waals surface area contributed by atoms with Crippen LogP contribution in [0.1, 0.15) is 40.4 Å². The van der Waals surface area contributed by atoms with Crippen LogP contribution in [0.5, 0.6) is 0 Å². The minimum atomic E-state index is 0.209. The fraction of sp³-hybridized carbons (Fsp3) is 0.524. The quantitative estimate of drug-likeness (QED) is 0.425. The van der Waals surface area contributed by atoms with Crippen molar-refractivity contribution in [3.63, 3.8) is 0 Å². The van der Waals surface area contributed by atoms with Crippen LogP contribution in [0.25, 0.3) is 0 Å². The number of rotatable bonds is 8. The van der Waals surface area contributed by atoms with E-state index in [9.17, 15) is 0 Å². The van der Waals surface area contributed by atoms with E-state index in [0.717, 1.165) is 42.7 Å². The third-order valence-corrected chi connectivity index (χ3v) is 6.29. The number of thiophene rings is 1. The smallest absolute Gasteiger partial charge is 0.191 e. The lowest BCUT2D eigenvalue weighted by Gasteiger charge is -2.18. The summed E-state index contributed by atoms with van der Waals surface area (Å²) in [5.41, 5.74) is 3.58. The molecule has 162 valence electrons. The molecule has 0 aliphatic heterocycles. The van der Waals surface area contributed by atoms with Crippen molar-refractivity contribution in [1.82, 2.24) is 35.2 Å². The molecule has 8 nitrogen and oxygen atoms in total. The van der Waals surface area contributed by atoms with Crippen LogP contribution < -0.4 is 10.6 Å². The number of guanidine groups is 1. The molecule has 0 aromatic carbocycles. The maximum absolute atomic E-state index is 4.77. The number of aliphatic imine (C=N–C) groups is 1. The lowest BCUT2D eigenvalue weighted by Crippen LogP contribution is -2.44. The van der Waals surface area contributed by atoms with Crippen molar-refractivity contribution in [2.24, 2.45) is 19.1 Å². The van der Waals surface area contributed by atoms with Gasteiger partial charge in [0.1, 0.15) is 12.4 Å². The summed E-state index contributed by atoms with van der Waals surface area (Å²) in [6.07, 6.45) is 1.86. The molecule has 1 unspecified atom stereocenters. The van der Waals surface area contributed by atoms with Gasteiger partial charge in [-0.25, -0.2) is 4.99 Å². The Bertz CT molecular complexity index is 983. The Hall–Kier alpha value is -2.68. The first-order chi connectivity index (χ1) is 14.3. The van der Waals surface area contributed by atoms with Crippen molar-refractivity contribution < 1.29 is 0 Å². The highest BCUT2D eigenvalue weighted by atomic mass is 32.1. The summed E-state index contributed by atoms with van der Waals surface area (Å²) in [4.78, 5) is 6.13. The average Bonchev–Trinajstić information content (AvgIpc) is 3.39. The summed E-state index contributed by atoms with van der Waals surface area (Å²) >= 11 is 1.78. The molecule has 9 heteroatoms. The zero-order valence-electron chi connectivity index (χ0n) is 18.7. The molecule has 0 fully saturated rings. The molecule has 1 atom stereocenters. The van der Waals surface area contributed by atoms with Crippen LogP contribution in [0.3, 0.4) is 0 Å². The molecule has 0 amide bonds. The summed E-state index contributed by atoms with van der Waals surface area (Å²) in [5.74, 6) is 2.52. The molecule has 3 aromatic rings. The first-order valence-corrected chi connectivity index (χ1v) is 11.1. The Balaban J connectivity index is 1.67. The second kappa shape index (κ2) is 9.88. The van der Waals surface area contributed by atoms with E-state index in [4.69, 9.17) is 4.99 Å². The Morgan fingerprint density at radius 1 is 1.23 bits per heavy atom. The fourth-order valence-electron chi connectivity index (χ4n) is 3.35. The van der Waals surface area contributed by atoms with Crippen LogP contribution >= 0.6 is 11.3 Å². The molecule has 0 saturated heterocycles. The number of aryl methyl sites for hydroxylation is 3. The molecule has 30 heavy (non-hydrogen) atoms. The summed E-state index contributed by atoms with van der Waals surface area (Å²) in [6.45, 7) is 9.60. The number of nitrogens with zero attached hydrogens (tertiary/aromatic N) is 6. The molecule has 0 aliphatic rings. The number of hydrogen-bond donors (Lipinski definition) is 2. The maximum Gasteiger partial charge on any atom is 0.191 e. The van der Waals surface area contributed by atoms with Crippen molar-refractivity contribution in [2.45, 2.75) is 53.1 Å². The normalized spacial score (nSPS) is 12.9. The fourth-order valence-corrected chi connectivity index (χ4v) is 4.06. The zero-order chi connectivity index (χ0) is 21.7. The minimum Gasteiger partial charge on any atom is -0.356 e. The highest BCUT2D eigenvalue weighted by molar-refractivity contribution is 7.09. The predicted molar refractivity (Wildman–Crippen MR) is 122 cm³/mol. The van der Waals surface area contributed by atoms with Gasteiger partial charge in [-0.15, -0.1) is 21.5 Å². The van der Waals surface area contributed by atoms with Crippen LogP contribution in [0, 0.1) is 20.8 Å². The van der Waals surface area contributed by atoms with Gasteiger partial charge in [0, 0.05) is 37.3 Å². The molecule has 3 aromatic heterocycles. The van der Waals surface area contributed by atoms with Crippen molar-refractivity contribution in [3.8, 4) is 0 Å².